The summed E-state index contributed by atoms with van der Waals surface area (Å²) in [7, 11) is 2.49. The van der Waals surface area contributed by atoms with Gasteiger partial charge in [-0.15, -0.1) is 0 Å². The molecule has 1 atom stereocenters. The number of rotatable bonds is 2. The lowest BCUT2D eigenvalue weighted by Crippen LogP contribution is -1.78. The van der Waals surface area contributed by atoms with E-state index in [4.69, 9.17) is 0 Å². The molecule has 0 spiro atoms. The van der Waals surface area contributed by atoms with E-state index in [-0.39, 0.29) is 0 Å². The quantitative estimate of drug-likeness (QED) is 0.452. The van der Waals surface area contributed by atoms with E-state index in [1.165, 1.54) is 10.9 Å². The molecule has 0 aromatic carbocycles. The van der Waals surface area contributed by atoms with Crippen LogP contribution in [0.15, 0.2) is 49.1 Å². The lowest BCUT2D eigenvalue weighted by molar-refractivity contribution is 0.112. The average Bonchev–Trinajstić information content (AvgIpc) is 3.17. The predicted octanol–water partition coefficient (Wildman–Crippen LogP) is 3.61. The molecule has 4 rings (SSSR count). The Morgan fingerprint density at radius 3 is 2.70 bits per heavy atom. The summed E-state index contributed by atoms with van der Waals surface area (Å²) in [5.74, 6) is 0. The standard InChI is InChI=1S/C9H10N2.C8H7N2OP/c1-2-7-6-11-9-8(7)4-3-5-10-9;11-5-6-4-10(12)8-7(6)2-1-3-9-8/h3-6H,2H2,1H3,(H,10,11);1-5H,12H2. The van der Waals surface area contributed by atoms with Crippen molar-refractivity contribution in [2.45, 2.75) is 13.3 Å². The molecule has 0 aliphatic heterocycles. The molecule has 0 saturated carbocycles. The third-order valence-corrected chi connectivity index (χ3v) is 4.06. The topological polar surface area (TPSA) is 63.6 Å². The van der Waals surface area contributed by atoms with Crippen LogP contribution >= 0.6 is 9.39 Å². The van der Waals surface area contributed by atoms with Gasteiger partial charge in [-0.05, 0) is 45.6 Å². The number of aryl methyl sites for hydroxylation is 1. The van der Waals surface area contributed by atoms with Crippen molar-refractivity contribution in [2.24, 2.45) is 0 Å². The van der Waals surface area contributed by atoms with Crippen LogP contribution in [0.3, 0.4) is 0 Å². The molecule has 1 N–H and O–H groups in total. The van der Waals surface area contributed by atoms with Crippen LogP contribution in [0.4, 0.5) is 0 Å². The van der Waals surface area contributed by atoms with Crippen molar-refractivity contribution in [2.75, 3.05) is 0 Å². The molecule has 1 unspecified atom stereocenters. The summed E-state index contributed by atoms with van der Waals surface area (Å²) >= 11 is 0. The number of hydrogen-bond donors (Lipinski definition) is 1. The van der Waals surface area contributed by atoms with Gasteiger partial charge in [0.25, 0.3) is 0 Å². The van der Waals surface area contributed by atoms with E-state index in [2.05, 4.69) is 37.3 Å². The molecule has 0 aliphatic rings. The molecule has 0 bridgehead atoms. The van der Waals surface area contributed by atoms with Gasteiger partial charge in [-0.2, -0.15) is 0 Å². The molecule has 0 amide bonds. The first kappa shape index (κ1) is 15.4. The largest absolute Gasteiger partial charge is 0.346 e. The Labute approximate surface area is 136 Å². The smallest absolute Gasteiger partial charge is 0.152 e. The van der Waals surface area contributed by atoms with Crippen molar-refractivity contribution >= 4 is 37.7 Å². The average molecular weight is 324 g/mol. The Balaban J connectivity index is 0.000000136. The first-order valence-corrected chi connectivity index (χ1v) is 7.83. The molecule has 4 aromatic heterocycles. The second-order valence-electron chi connectivity index (χ2n) is 5.05. The maximum atomic E-state index is 10.6. The molecule has 116 valence electrons. The van der Waals surface area contributed by atoms with Gasteiger partial charge >= 0.3 is 0 Å². The highest BCUT2D eigenvalue weighted by atomic mass is 31.0. The van der Waals surface area contributed by atoms with E-state index in [9.17, 15) is 4.79 Å². The minimum Gasteiger partial charge on any atom is -0.346 e. The Hall–Kier alpha value is -2.52. The molecule has 4 heterocycles. The number of carbonyl (C=O) groups is 1. The van der Waals surface area contributed by atoms with Gasteiger partial charge < -0.3 is 9.32 Å². The highest BCUT2D eigenvalue weighted by molar-refractivity contribution is 7.14. The summed E-state index contributed by atoms with van der Waals surface area (Å²) in [6.45, 7) is 2.15. The number of aldehydes is 1. The van der Waals surface area contributed by atoms with Gasteiger partial charge in [0.05, 0.1) is 0 Å². The Kier molecular flexibility index (Phi) is 4.49. The van der Waals surface area contributed by atoms with Gasteiger partial charge in [0.15, 0.2) is 6.29 Å². The van der Waals surface area contributed by atoms with Crippen molar-refractivity contribution in [1.29, 1.82) is 0 Å². The number of H-pyrrole nitrogens is 1. The maximum Gasteiger partial charge on any atom is 0.152 e. The van der Waals surface area contributed by atoms with E-state index in [1.54, 1.807) is 22.9 Å². The Bertz CT molecular complexity index is 957. The summed E-state index contributed by atoms with van der Waals surface area (Å²) in [6, 6.07) is 7.76. The number of aromatic nitrogens is 4. The molecule has 5 nitrogen and oxygen atoms in total. The zero-order valence-electron chi connectivity index (χ0n) is 12.7. The van der Waals surface area contributed by atoms with E-state index < -0.39 is 0 Å². The van der Waals surface area contributed by atoms with Gasteiger partial charge in [-0.1, -0.05) is 6.92 Å². The number of nitrogens with one attached hydrogen (secondary N) is 1. The molecule has 0 saturated heterocycles. The first-order valence-electron chi connectivity index (χ1n) is 7.32. The second-order valence-corrected chi connectivity index (χ2v) is 5.61. The molecular formula is C17H17N4OP. The van der Waals surface area contributed by atoms with Crippen LogP contribution in [0.1, 0.15) is 22.8 Å². The molecule has 6 heteroatoms. The fourth-order valence-electron chi connectivity index (χ4n) is 2.51. The van der Waals surface area contributed by atoms with Crippen LogP contribution in [0.25, 0.3) is 22.1 Å². The number of nitrogens with zero attached hydrogens (tertiary/aromatic N) is 3. The third kappa shape index (κ3) is 3.01. The van der Waals surface area contributed by atoms with Crippen LogP contribution < -0.4 is 0 Å². The van der Waals surface area contributed by atoms with Crippen LogP contribution in [0.5, 0.6) is 0 Å². The Morgan fingerprint density at radius 1 is 1.22 bits per heavy atom. The van der Waals surface area contributed by atoms with E-state index >= 15 is 0 Å². The highest BCUT2D eigenvalue weighted by Gasteiger charge is 2.04. The molecule has 23 heavy (non-hydrogen) atoms. The van der Waals surface area contributed by atoms with Gasteiger partial charge in [-0.3, -0.25) is 4.79 Å². The Morgan fingerprint density at radius 2 is 1.96 bits per heavy atom. The monoisotopic (exact) mass is 324 g/mol. The van der Waals surface area contributed by atoms with Crippen LogP contribution in [-0.4, -0.2) is 25.6 Å². The molecule has 0 aliphatic carbocycles. The van der Waals surface area contributed by atoms with Crippen molar-refractivity contribution in [3.63, 3.8) is 0 Å². The number of pyridine rings is 2. The van der Waals surface area contributed by atoms with Crippen molar-refractivity contribution in [3.05, 3.63) is 60.2 Å². The number of carbonyl (C=O) groups excluding carboxylic acids is 1. The van der Waals surface area contributed by atoms with Crippen LogP contribution in [0.2, 0.25) is 0 Å². The van der Waals surface area contributed by atoms with E-state index in [0.29, 0.717) is 5.56 Å². The molecule has 0 radical (unpaired) electrons. The van der Waals surface area contributed by atoms with Gasteiger partial charge in [0.1, 0.15) is 11.3 Å². The van der Waals surface area contributed by atoms with Gasteiger partial charge in [-0.25, -0.2) is 9.97 Å². The zero-order chi connectivity index (χ0) is 16.2. The normalized spacial score (nSPS) is 10.5. The lowest BCUT2D eigenvalue weighted by Gasteiger charge is -1.91. The first-order chi connectivity index (χ1) is 11.2. The molecule has 4 aromatic rings. The van der Waals surface area contributed by atoms with Crippen molar-refractivity contribution < 1.29 is 4.79 Å². The minimum absolute atomic E-state index is 0.674. The summed E-state index contributed by atoms with van der Waals surface area (Å²) in [4.78, 5) is 22.0. The highest BCUT2D eigenvalue weighted by Crippen LogP contribution is 2.19. The van der Waals surface area contributed by atoms with Crippen molar-refractivity contribution in [1.82, 2.24) is 19.3 Å². The minimum atomic E-state index is 0.674. The molecule has 0 fully saturated rings. The van der Waals surface area contributed by atoms with Crippen LogP contribution in [0, 0.1) is 0 Å². The summed E-state index contributed by atoms with van der Waals surface area (Å²) in [6.07, 6.45) is 9.18. The van der Waals surface area contributed by atoms with Crippen LogP contribution in [-0.2, 0) is 6.42 Å². The predicted molar refractivity (Wildman–Crippen MR) is 95.7 cm³/mol. The fourth-order valence-corrected chi connectivity index (χ4v) is 2.87. The second kappa shape index (κ2) is 6.71. The number of hydrogen-bond acceptors (Lipinski definition) is 3. The summed E-state index contributed by atoms with van der Waals surface area (Å²) in [5, 5.41) is 2.14. The van der Waals surface area contributed by atoms with E-state index in [1.807, 2.05) is 24.4 Å². The van der Waals surface area contributed by atoms with E-state index in [0.717, 1.165) is 29.4 Å². The third-order valence-electron chi connectivity index (χ3n) is 3.67. The number of aromatic amines is 1. The summed E-state index contributed by atoms with van der Waals surface area (Å²) < 4.78 is 1.76. The maximum absolute atomic E-state index is 10.6. The van der Waals surface area contributed by atoms with Crippen molar-refractivity contribution in [3.8, 4) is 0 Å². The molecular weight excluding hydrogens is 307 g/mol. The number of fused-ring (bicyclic) bond motifs is 2. The van der Waals surface area contributed by atoms with Gasteiger partial charge in [0, 0.05) is 41.1 Å². The zero-order valence-corrected chi connectivity index (χ0v) is 13.9. The SMILES string of the molecule is CCc1c[nH]c2ncccc12.O=Cc1cn(P)c2ncccc12. The summed E-state index contributed by atoms with van der Waals surface area (Å²) in [5.41, 5.74) is 3.81. The lowest BCUT2D eigenvalue weighted by atomic mass is 10.2. The van der Waals surface area contributed by atoms with Gasteiger partial charge in [0.2, 0.25) is 0 Å². The fraction of sp³-hybridized carbons (Fsp3) is 0.118.